The van der Waals surface area contributed by atoms with Gasteiger partial charge in [0.1, 0.15) is 0 Å². The van der Waals surface area contributed by atoms with Crippen molar-refractivity contribution < 1.29 is 4.79 Å². The first-order valence-corrected chi connectivity index (χ1v) is 7.88. The SMILES string of the molecule is Cc1ccc2c(c1)CCN(C(=O)c1cccnc1)C2C(C)C. The summed E-state index contributed by atoms with van der Waals surface area (Å²) in [5, 5.41) is 0. The largest absolute Gasteiger partial charge is 0.331 e. The Morgan fingerprint density at radius 1 is 1.32 bits per heavy atom. The van der Waals surface area contributed by atoms with Crippen molar-refractivity contribution in [2.75, 3.05) is 6.54 Å². The third-order valence-corrected chi connectivity index (χ3v) is 4.38. The number of carbonyl (C=O) groups excluding carboxylic acids is 1. The summed E-state index contributed by atoms with van der Waals surface area (Å²) in [5.74, 6) is 0.459. The van der Waals surface area contributed by atoms with E-state index in [1.807, 2.05) is 17.0 Å². The summed E-state index contributed by atoms with van der Waals surface area (Å²) in [7, 11) is 0. The molecule has 3 rings (SSSR count). The summed E-state index contributed by atoms with van der Waals surface area (Å²) in [6.45, 7) is 7.26. The number of hydrogen-bond acceptors (Lipinski definition) is 2. The number of benzene rings is 1. The maximum atomic E-state index is 12.9. The number of aryl methyl sites for hydroxylation is 1. The lowest BCUT2D eigenvalue weighted by Gasteiger charge is -2.40. The second kappa shape index (κ2) is 5.91. The summed E-state index contributed by atoms with van der Waals surface area (Å²) in [5.41, 5.74) is 4.63. The number of amides is 1. The Morgan fingerprint density at radius 2 is 2.14 bits per heavy atom. The molecule has 0 radical (unpaired) electrons. The first-order valence-electron chi connectivity index (χ1n) is 7.88. The van der Waals surface area contributed by atoms with Crippen molar-refractivity contribution in [3.8, 4) is 0 Å². The number of carbonyl (C=O) groups is 1. The Morgan fingerprint density at radius 3 is 2.82 bits per heavy atom. The van der Waals surface area contributed by atoms with E-state index in [9.17, 15) is 4.79 Å². The number of fused-ring (bicyclic) bond motifs is 1. The topological polar surface area (TPSA) is 33.2 Å². The fraction of sp³-hybridized carbons (Fsp3) is 0.368. The molecule has 0 N–H and O–H groups in total. The maximum absolute atomic E-state index is 12.9. The highest BCUT2D eigenvalue weighted by molar-refractivity contribution is 5.94. The Balaban J connectivity index is 1.99. The van der Waals surface area contributed by atoms with Crippen LogP contribution in [0.2, 0.25) is 0 Å². The van der Waals surface area contributed by atoms with Crippen molar-refractivity contribution in [3.63, 3.8) is 0 Å². The Kier molecular flexibility index (Phi) is 3.97. The average molecular weight is 294 g/mol. The molecule has 2 heterocycles. The van der Waals surface area contributed by atoms with Crippen molar-refractivity contribution >= 4 is 5.91 Å². The van der Waals surface area contributed by atoms with Gasteiger partial charge in [0.25, 0.3) is 5.91 Å². The number of aromatic nitrogens is 1. The molecular weight excluding hydrogens is 272 g/mol. The molecule has 0 spiro atoms. The van der Waals surface area contributed by atoms with E-state index >= 15 is 0 Å². The maximum Gasteiger partial charge on any atom is 0.255 e. The molecule has 1 atom stereocenters. The van der Waals surface area contributed by atoms with Crippen LogP contribution in [0.3, 0.4) is 0 Å². The van der Waals surface area contributed by atoms with Gasteiger partial charge in [-0.3, -0.25) is 9.78 Å². The number of hydrogen-bond donors (Lipinski definition) is 0. The normalized spacial score (nSPS) is 17.5. The van der Waals surface area contributed by atoms with Gasteiger partial charge in [-0.15, -0.1) is 0 Å². The lowest BCUT2D eigenvalue weighted by atomic mass is 9.85. The van der Waals surface area contributed by atoms with Gasteiger partial charge in [-0.25, -0.2) is 0 Å². The first-order chi connectivity index (χ1) is 10.6. The summed E-state index contributed by atoms with van der Waals surface area (Å²) >= 11 is 0. The zero-order valence-electron chi connectivity index (χ0n) is 13.4. The van der Waals surface area contributed by atoms with E-state index in [0.717, 1.165) is 13.0 Å². The average Bonchev–Trinajstić information content (AvgIpc) is 2.53. The van der Waals surface area contributed by atoms with E-state index in [2.05, 4.69) is 44.0 Å². The summed E-state index contributed by atoms with van der Waals surface area (Å²) in [4.78, 5) is 19.0. The lowest BCUT2D eigenvalue weighted by molar-refractivity contribution is 0.0603. The minimum absolute atomic E-state index is 0.0815. The molecule has 0 bridgehead atoms. The molecule has 1 aliphatic rings. The van der Waals surface area contributed by atoms with E-state index in [-0.39, 0.29) is 11.9 Å². The molecule has 1 aliphatic heterocycles. The third-order valence-electron chi connectivity index (χ3n) is 4.38. The molecule has 0 fully saturated rings. The van der Waals surface area contributed by atoms with Crippen molar-refractivity contribution in [2.24, 2.45) is 5.92 Å². The Bertz CT molecular complexity index is 679. The molecule has 1 aromatic carbocycles. The smallest absolute Gasteiger partial charge is 0.255 e. The molecule has 0 saturated heterocycles. The number of pyridine rings is 1. The molecule has 0 aliphatic carbocycles. The molecule has 3 nitrogen and oxygen atoms in total. The van der Waals surface area contributed by atoms with E-state index in [0.29, 0.717) is 11.5 Å². The predicted octanol–water partition coefficient (Wildman–Crippen LogP) is 3.79. The molecule has 1 amide bonds. The first kappa shape index (κ1) is 14.8. The molecule has 0 saturated carbocycles. The van der Waals surface area contributed by atoms with Crippen molar-refractivity contribution in [1.29, 1.82) is 0 Å². The van der Waals surface area contributed by atoms with Crippen LogP contribution in [0.25, 0.3) is 0 Å². The van der Waals surface area contributed by atoms with Crippen LogP contribution in [0.1, 0.15) is 46.9 Å². The second-order valence-electron chi connectivity index (χ2n) is 6.38. The highest BCUT2D eigenvalue weighted by atomic mass is 16.2. The van der Waals surface area contributed by atoms with Gasteiger partial charge in [0.2, 0.25) is 0 Å². The van der Waals surface area contributed by atoms with Gasteiger partial charge in [-0.05, 0) is 42.5 Å². The summed E-state index contributed by atoms with van der Waals surface area (Å²) < 4.78 is 0. The second-order valence-corrected chi connectivity index (χ2v) is 6.38. The predicted molar refractivity (Wildman–Crippen MR) is 87.7 cm³/mol. The minimum Gasteiger partial charge on any atom is -0.331 e. The van der Waals surface area contributed by atoms with Crippen LogP contribution in [-0.4, -0.2) is 22.3 Å². The molecular formula is C19H22N2O. The van der Waals surface area contributed by atoms with Gasteiger partial charge in [0.05, 0.1) is 11.6 Å². The molecule has 3 heteroatoms. The highest BCUT2D eigenvalue weighted by Gasteiger charge is 2.33. The summed E-state index contributed by atoms with van der Waals surface area (Å²) in [6.07, 6.45) is 4.28. The van der Waals surface area contributed by atoms with Gasteiger partial charge in [-0.2, -0.15) is 0 Å². The van der Waals surface area contributed by atoms with Crippen LogP contribution in [-0.2, 0) is 6.42 Å². The van der Waals surface area contributed by atoms with Gasteiger partial charge in [0.15, 0.2) is 0 Å². The highest BCUT2D eigenvalue weighted by Crippen LogP contribution is 2.36. The zero-order chi connectivity index (χ0) is 15.7. The Labute approximate surface area is 132 Å². The van der Waals surface area contributed by atoms with Crippen LogP contribution in [0.15, 0.2) is 42.7 Å². The van der Waals surface area contributed by atoms with Gasteiger partial charge in [0, 0.05) is 18.9 Å². The molecule has 1 unspecified atom stereocenters. The van der Waals surface area contributed by atoms with E-state index < -0.39 is 0 Å². The molecule has 1 aromatic heterocycles. The number of rotatable bonds is 2. The Hall–Kier alpha value is -2.16. The third kappa shape index (κ3) is 2.63. The summed E-state index contributed by atoms with van der Waals surface area (Å²) in [6, 6.07) is 10.4. The lowest BCUT2D eigenvalue weighted by Crippen LogP contribution is -2.42. The van der Waals surface area contributed by atoms with Crippen molar-refractivity contribution in [2.45, 2.75) is 33.2 Å². The van der Waals surface area contributed by atoms with E-state index in [1.54, 1.807) is 12.4 Å². The standard InChI is InChI=1S/C19H22N2O/c1-13(2)18-17-7-6-14(3)11-15(17)8-10-21(18)19(22)16-5-4-9-20-12-16/h4-7,9,11-13,18H,8,10H2,1-3H3. The van der Waals surface area contributed by atoms with Crippen LogP contribution in [0, 0.1) is 12.8 Å². The van der Waals surface area contributed by atoms with Crippen molar-refractivity contribution in [3.05, 3.63) is 65.0 Å². The fourth-order valence-electron chi connectivity index (χ4n) is 3.39. The minimum atomic E-state index is 0.0815. The number of nitrogens with zero attached hydrogens (tertiary/aromatic N) is 2. The fourth-order valence-corrected chi connectivity index (χ4v) is 3.39. The van der Waals surface area contributed by atoms with Crippen LogP contribution in [0.5, 0.6) is 0 Å². The van der Waals surface area contributed by atoms with E-state index in [4.69, 9.17) is 0 Å². The molecule has 22 heavy (non-hydrogen) atoms. The quantitative estimate of drug-likeness (QED) is 0.844. The monoisotopic (exact) mass is 294 g/mol. The van der Waals surface area contributed by atoms with Gasteiger partial charge >= 0.3 is 0 Å². The molecule has 2 aromatic rings. The van der Waals surface area contributed by atoms with Crippen LogP contribution < -0.4 is 0 Å². The van der Waals surface area contributed by atoms with E-state index in [1.165, 1.54) is 16.7 Å². The van der Waals surface area contributed by atoms with Gasteiger partial charge < -0.3 is 4.90 Å². The van der Waals surface area contributed by atoms with Crippen molar-refractivity contribution in [1.82, 2.24) is 9.88 Å². The zero-order valence-corrected chi connectivity index (χ0v) is 13.4. The van der Waals surface area contributed by atoms with Crippen LogP contribution in [0.4, 0.5) is 0 Å². The van der Waals surface area contributed by atoms with Crippen LogP contribution >= 0.6 is 0 Å². The van der Waals surface area contributed by atoms with Gasteiger partial charge in [-0.1, -0.05) is 37.6 Å². The molecule has 114 valence electrons.